The minimum absolute atomic E-state index is 0.196. The maximum atomic E-state index is 6.12. The third-order valence-electron chi connectivity index (χ3n) is 3.52. The molecule has 1 rings (SSSR count). The molecule has 0 aliphatic heterocycles. The Morgan fingerprint density at radius 2 is 2.12 bits per heavy atom. The van der Waals surface area contributed by atoms with Crippen LogP contribution in [-0.2, 0) is 9.47 Å². The summed E-state index contributed by atoms with van der Waals surface area (Å²) >= 11 is 0. The molecule has 1 saturated carbocycles. The average Bonchev–Trinajstić information content (AvgIpc) is 2.28. The summed E-state index contributed by atoms with van der Waals surface area (Å²) in [6, 6.07) is 0.533. The molecule has 0 spiro atoms. The Hall–Kier alpha value is -0.120. The van der Waals surface area contributed by atoms with Gasteiger partial charge in [-0.25, -0.2) is 0 Å². The molecule has 0 aromatic carbocycles. The Balaban J connectivity index is 2.43. The van der Waals surface area contributed by atoms with Crippen molar-refractivity contribution in [2.75, 3.05) is 20.3 Å². The normalized spacial score (nSPS) is 31.4. The Kier molecular flexibility index (Phi) is 7.09. The van der Waals surface area contributed by atoms with Crippen LogP contribution in [0.15, 0.2) is 0 Å². The van der Waals surface area contributed by atoms with Crippen molar-refractivity contribution in [3.63, 3.8) is 0 Å². The Morgan fingerprint density at radius 1 is 1.35 bits per heavy atom. The molecule has 4 atom stereocenters. The van der Waals surface area contributed by atoms with Crippen molar-refractivity contribution in [1.29, 1.82) is 0 Å². The van der Waals surface area contributed by atoms with Crippen molar-refractivity contribution < 1.29 is 9.47 Å². The Morgan fingerprint density at radius 3 is 2.76 bits per heavy atom. The van der Waals surface area contributed by atoms with Crippen LogP contribution in [0.4, 0.5) is 0 Å². The van der Waals surface area contributed by atoms with Gasteiger partial charge in [0.15, 0.2) is 0 Å². The van der Waals surface area contributed by atoms with Crippen molar-refractivity contribution in [1.82, 2.24) is 5.32 Å². The van der Waals surface area contributed by atoms with Crippen LogP contribution >= 0.6 is 0 Å². The molecule has 1 N–H and O–H groups in total. The summed E-state index contributed by atoms with van der Waals surface area (Å²) in [5.74, 6) is 0.787. The van der Waals surface area contributed by atoms with Gasteiger partial charge in [0.2, 0.25) is 0 Å². The second-order valence-corrected chi connectivity index (χ2v) is 5.42. The quantitative estimate of drug-likeness (QED) is 0.745. The third kappa shape index (κ3) is 5.36. The number of methoxy groups -OCH3 is 1. The molecule has 0 heterocycles. The highest BCUT2D eigenvalue weighted by atomic mass is 16.5. The highest BCUT2D eigenvalue weighted by Crippen LogP contribution is 2.27. The first kappa shape index (κ1) is 14.9. The summed E-state index contributed by atoms with van der Waals surface area (Å²) in [7, 11) is 1.73. The van der Waals surface area contributed by atoms with Gasteiger partial charge in [-0.3, -0.25) is 0 Å². The zero-order chi connectivity index (χ0) is 12.7. The topological polar surface area (TPSA) is 30.5 Å². The number of nitrogens with one attached hydrogen (secondary N) is 1. The Bertz CT molecular complexity index is 197. The molecule has 1 aliphatic carbocycles. The number of hydrogen-bond acceptors (Lipinski definition) is 3. The van der Waals surface area contributed by atoms with Gasteiger partial charge in [-0.05, 0) is 45.1 Å². The number of hydrogen-bond donors (Lipinski definition) is 1. The lowest BCUT2D eigenvalue weighted by Gasteiger charge is -2.36. The van der Waals surface area contributed by atoms with E-state index in [1.165, 1.54) is 25.7 Å². The summed E-state index contributed by atoms with van der Waals surface area (Å²) in [5.41, 5.74) is 0. The van der Waals surface area contributed by atoms with E-state index < -0.39 is 0 Å². The fourth-order valence-electron chi connectivity index (χ4n) is 2.61. The maximum Gasteiger partial charge on any atom is 0.0784 e. The van der Waals surface area contributed by atoms with Gasteiger partial charge < -0.3 is 14.8 Å². The van der Waals surface area contributed by atoms with Crippen molar-refractivity contribution in [2.45, 2.75) is 64.7 Å². The Labute approximate surface area is 106 Å². The van der Waals surface area contributed by atoms with E-state index >= 15 is 0 Å². The molecule has 0 bridgehead atoms. The van der Waals surface area contributed by atoms with Gasteiger partial charge in [-0.15, -0.1) is 0 Å². The van der Waals surface area contributed by atoms with E-state index in [1.54, 1.807) is 7.11 Å². The van der Waals surface area contributed by atoms with Crippen molar-refractivity contribution in [3.05, 3.63) is 0 Å². The van der Waals surface area contributed by atoms with Crippen LogP contribution < -0.4 is 5.32 Å². The number of ether oxygens (including phenoxy) is 2. The average molecular weight is 243 g/mol. The van der Waals surface area contributed by atoms with Crippen LogP contribution in [0.3, 0.4) is 0 Å². The van der Waals surface area contributed by atoms with Gasteiger partial charge in [0.25, 0.3) is 0 Å². The summed E-state index contributed by atoms with van der Waals surface area (Å²) in [5, 5.41) is 3.62. The molecular weight excluding hydrogens is 214 g/mol. The lowest BCUT2D eigenvalue weighted by atomic mass is 9.85. The third-order valence-corrected chi connectivity index (χ3v) is 3.52. The minimum atomic E-state index is 0.196. The summed E-state index contributed by atoms with van der Waals surface area (Å²) in [6.45, 7) is 8.41. The van der Waals surface area contributed by atoms with Crippen LogP contribution in [0.2, 0.25) is 0 Å². The molecular formula is C14H29NO2. The molecule has 0 radical (unpaired) electrons. The zero-order valence-corrected chi connectivity index (χ0v) is 11.9. The lowest BCUT2D eigenvalue weighted by Crippen LogP contribution is -2.47. The molecule has 3 heteroatoms. The highest BCUT2D eigenvalue weighted by molar-refractivity contribution is 4.85. The van der Waals surface area contributed by atoms with Gasteiger partial charge in [0, 0.05) is 13.2 Å². The minimum Gasteiger partial charge on any atom is -0.382 e. The SMILES string of the molecule is CCCNC1CCC(C)CC1OC(C)COC. The second kappa shape index (κ2) is 8.06. The van der Waals surface area contributed by atoms with Gasteiger partial charge >= 0.3 is 0 Å². The summed E-state index contributed by atoms with van der Waals surface area (Å²) in [6.07, 6.45) is 5.48. The molecule has 102 valence electrons. The van der Waals surface area contributed by atoms with E-state index in [2.05, 4.69) is 26.1 Å². The van der Waals surface area contributed by atoms with Crippen LogP contribution in [0.25, 0.3) is 0 Å². The van der Waals surface area contributed by atoms with Gasteiger partial charge in [-0.1, -0.05) is 13.8 Å². The van der Waals surface area contributed by atoms with Gasteiger partial charge in [0.1, 0.15) is 0 Å². The van der Waals surface area contributed by atoms with Crippen molar-refractivity contribution in [3.8, 4) is 0 Å². The van der Waals surface area contributed by atoms with Crippen molar-refractivity contribution >= 4 is 0 Å². The lowest BCUT2D eigenvalue weighted by molar-refractivity contribution is -0.0723. The molecule has 4 unspecified atom stereocenters. The molecule has 0 aromatic rings. The monoisotopic (exact) mass is 243 g/mol. The first-order chi connectivity index (χ1) is 8.17. The molecule has 0 aromatic heterocycles. The van der Waals surface area contributed by atoms with E-state index in [0.29, 0.717) is 18.8 Å². The van der Waals surface area contributed by atoms with E-state index in [-0.39, 0.29) is 6.10 Å². The molecule has 17 heavy (non-hydrogen) atoms. The molecule has 0 saturated heterocycles. The second-order valence-electron chi connectivity index (χ2n) is 5.42. The predicted octanol–water partition coefficient (Wildman–Crippen LogP) is 2.59. The zero-order valence-electron chi connectivity index (χ0n) is 11.9. The van der Waals surface area contributed by atoms with Crippen molar-refractivity contribution in [2.24, 2.45) is 5.92 Å². The first-order valence-electron chi connectivity index (χ1n) is 7.05. The van der Waals surface area contributed by atoms with Crippen LogP contribution in [0.1, 0.15) is 46.5 Å². The smallest absolute Gasteiger partial charge is 0.0784 e. The van der Waals surface area contributed by atoms with Gasteiger partial charge in [-0.2, -0.15) is 0 Å². The molecule has 0 amide bonds. The van der Waals surface area contributed by atoms with E-state index in [0.717, 1.165) is 12.5 Å². The fourth-order valence-corrected chi connectivity index (χ4v) is 2.61. The van der Waals surface area contributed by atoms with Crippen LogP contribution in [-0.4, -0.2) is 38.5 Å². The number of rotatable bonds is 7. The molecule has 1 fully saturated rings. The largest absolute Gasteiger partial charge is 0.382 e. The predicted molar refractivity (Wildman–Crippen MR) is 71.3 cm³/mol. The van der Waals surface area contributed by atoms with Crippen LogP contribution in [0.5, 0.6) is 0 Å². The summed E-state index contributed by atoms with van der Waals surface area (Å²) in [4.78, 5) is 0. The standard InChI is InChI=1S/C14H29NO2/c1-5-8-15-13-7-6-11(2)9-14(13)17-12(3)10-16-4/h11-15H,5-10H2,1-4H3. The van der Waals surface area contributed by atoms with E-state index in [4.69, 9.17) is 9.47 Å². The first-order valence-corrected chi connectivity index (χ1v) is 7.05. The molecule has 3 nitrogen and oxygen atoms in total. The highest BCUT2D eigenvalue weighted by Gasteiger charge is 2.29. The maximum absolute atomic E-state index is 6.12. The van der Waals surface area contributed by atoms with Crippen LogP contribution in [0, 0.1) is 5.92 Å². The molecule has 1 aliphatic rings. The van der Waals surface area contributed by atoms with E-state index in [9.17, 15) is 0 Å². The summed E-state index contributed by atoms with van der Waals surface area (Å²) < 4.78 is 11.3. The van der Waals surface area contributed by atoms with E-state index in [1.807, 2.05) is 0 Å². The van der Waals surface area contributed by atoms with Gasteiger partial charge in [0.05, 0.1) is 18.8 Å². The fraction of sp³-hybridized carbons (Fsp3) is 1.00.